The summed E-state index contributed by atoms with van der Waals surface area (Å²) < 4.78 is 5.31. The average Bonchev–Trinajstić information content (AvgIpc) is 2.15. The second kappa shape index (κ2) is 8.57. The first-order valence-electron chi connectivity index (χ1n) is 6.39. The predicted octanol–water partition coefficient (Wildman–Crippen LogP) is 2.73. The second-order valence-electron chi connectivity index (χ2n) is 5.02. The molecule has 16 heavy (non-hydrogen) atoms. The highest BCUT2D eigenvalue weighted by molar-refractivity contribution is 5.69. The maximum atomic E-state index is 11.6. The fraction of sp³-hybridized carbons (Fsp3) is 0.923. The van der Waals surface area contributed by atoms with Crippen molar-refractivity contribution >= 4 is 5.97 Å². The second-order valence-corrected chi connectivity index (χ2v) is 5.02. The molecule has 0 saturated heterocycles. The number of esters is 1. The van der Waals surface area contributed by atoms with Crippen molar-refractivity contribution in [1.82, 2.24) is 0 Å². The molecule has 0 heterocycles. The van der Waals surface area contributed by atoms with Crippen molar-refractivity contribution in [3.63, 3.8) is 0 Å². The zero-order valence-electron chi connectivity index (χ0n) is 11.2. The summed E-state index contributed by atoms with van der Waals surface area (Å²) in [4.78, 5) is 11.6. The Hall–Kier alpha value is -0.570. The minimum absolute atomic E-state index is 0.0370. The Bertz CT molecular complexity index is 192. The zero-order chi connectivity index (χ0) is 12.6. The minimum Gasteiger partial charge on any atom is -0.463 e. The van der Waals surface area contributed by atoms with E-state index in [1.807, 2.05) is 6.92 Å². The molecule has 0 fully saturated rings. The van der Waals surface area contributed by atoms with Crippen LogP contribution in [0.5, 0.6) is 0 Å². The topological polar surface area (TPSA) is 52.3 Å². The van der Waals surface area contributed by atoms with Gasteiger partial charge in [0.1, 0.15) is 0 Å². The van der Waals surface area contributed by atoms with Crippen LogP contribution in [0.3, 0.4) is 0 Å². The summed E-state index contributed by atoms with van der Waals surface area (Å²) in [5.41, 5.74) is 5.65. The maximum absolute atomic E-state index is 11.6. The summed E-state index contributed by atoms with van der Waals surface area (Å²) in [6.07, 6.45) is 3.47. The number of nitrogens with two attached hydrogens (primary N) is 1. The highest BCUT2D eigenvalue weighted by Gasteiger charge is 2.16. The number of hydrogen-bond donors (Lipinski definition) is 1. The molecule has 0 aliphatic heterocycles. The van der Waals surface area contributed by atoms with E-state index in [1.54, 1.807) is 0 Å². The molecule has 0 aromatic carbocycles. The molecular weight excluding hydrogens is 202 g/mol. The van der Waals surface area contributed by atoms with E-state index < -0.39 is 0 Å². The standard InChI is InChI=1S/C13H27NO2/c1-5-6-11(4)16-13(15)8-12(9-14)7-10(2)3/h10-12H,5-9,14H2,1-4H3. The number of rotatable bonds is 8. The van der Waals surface area contributed by atoms with Crippen LogP contribution in [0.25, 0.3) is 0 Å². The molecule has 2 N–H and O–H groups in total. The van der Waals surface area contributed by atoms with Gasteiger partial charge >= 0.3 is 5.97 Å². The van der Waals surface area contributed by atoms with E-state index >= 15 is 0 Å². The highest BCUT2D eigenvalue weighted by Crippen LogP contribution is 2.15. The Morgan fingerprint density at radius 2 is 1.94 bits per heavy atom. The SMILES string of the molecule is CCCC(C)OC(=O)CC(CN)CC(C)C. The molecular formula is C13H27NO2. The predicted molar refractivity (Wildman–Crippen MR) is 67.1 cm³/mol. The van der Waals surface area contributed by atoms with Crippen LogP contribution in [0.4, 0.5) is 0 Å². The lowest BCUT2D eigenvalue weighted by atomic mass is 9.94. The molecule has 0 aromatic rings. The van der Waals surface area contributed by atoms with Gasteiger partial charge in [0, 0.05) is 6.42 Å². The van der Waals surface area contributed by atoms with Gasteiger partial charge in [-0.05, 0) is 38.1 Å². The van der Waals surface area contributed by atoms with Crippen LogP contribution >= 0.6 is 0 Å². The van der Waals surface area contributed by atoms with Gasteiger partial charge in [0.25, 0.3) is 0 Å². The third-order valence-electron chi connectivity index (χ3n) is 2.62. The summed E-state index contributed by atoms with van der Waals surface area (Å²) in [5, 5.41) is 0. The van der Waals surface area contributed by atoms with Crippen LogP contribution in [-0.4, -0.2) is 18.6 Å². The van der Waals surface area contributed by atoms with Gasteiger partial charge in [-0.25, -0.2) is 0 Å². The van der Waals surface area contributed by atoms with Crippen molar-refractivity contribution < 1.29 is 9.53 Å². The van der Waals surface area contributed by atoms with Gasteiger partial charge in [-0.1, -0.05) is 27.2 Å². The summed E-state index contributed by atoms with van der Waals surface area (Å²) in [6.45, 7) is 8.89. The van der Waals surface area contributed by atoms with Crippen LogP contribution in [0.2, 0.25) is 0 Å². The van der Waals surface area contributed by atoms with Gasteiger partial charge in [-0.15, -0.1) is 0 Å². The summed E-state index contributed by atoms with van der Waals surface area (Å²) in [5.74, 6) is 0.743. The molecule has 0 aliphatic carbocycles. The van der Waals surface area contributed by atoms with Crippen LogP contribution in [0, 0.1) is 11.8 Å². The Kier molecular flexibility index (Phi) is 8.26. The lowest BCUT2D eigenvalue weighted by Crippen LogP contribution is -2.23. The molecule has 0 aromatic heterocycles. The fourth-order valence-electron chi connectivity index (χ4n) is 1.90. The van der Waals surface area contributed by atoms with Gasteiger partial charge in [0.15, 0.2) is 0 Å². The number of carbonyl (C=O) groups excluding carboxylic acids is 1. The molecule has 0 amide bonds. The number of ether oxygens (including phenoxy) is 1. The largest absolute Gasteiger partial charge is 0.463 e. The van der Waals surface area contributed by atoms with Crippen molar-refractivity contribution in [2.75, 3.05) is 6.54 Å². The van der Waals surface area contributed by atoms with E-state index in [0.717, 1.165) is 19.3 Å². The molecule has 3 nitrogen and oxygen atoms in total. The van der Waals surface area contributed by atoms with E-state index in [-0.39, 0.29) is 18.0 Å². The molecule has 0 spiro atoms. The first-order chi connectivity index (χ1) is 7.49. The van der Waals surface area contributed by atoms with E-state index in [9.17, 15) is 4.79 Å². The molecule has 0 bridgehead atoms. The Morgan fingerprint density at radius 3 is 2.38 bits per heavy atom. The first-order valence-corrected chi connectivity index (χ1v) is 6.39. The Balaban J connectivity index is 3.91. The monoisotopic (exact) mass is 229 g/mol. The highest BCUT2D eigenvalue weighted by atomic mass is 16.5. The minimum atomic E-state index is -0.1000. The normalized spacial score (nSPS) is 14.9. The lowest BCUT2D eigenvalue weighted by Gasteiger charge is -2.18. The van der Waals surface area contributed by atoms with Crippen molar-refractivity contribution in [2.24, 2.45) is 17.6 Å². The molecule has 0 rings (SSSR count). The lowest BCUT2D eigenvalue weighted by molar-refractivity contribution is -0.149. The zero-order valence-corrected chi connectivity index (χ0v) is 11.2. The van der Waals surface area contributed by atoms with Gasteiger partial charge in [0.05, 0.1) is 6.10 Å². The van der Waals surface area contributed by atoms with Gasteiger partial charge in [-0.3, -0.25) is 4.79 Å². The summed E-state index contributed by atoms with van der Waals surface area (Å²) in [6, 6.07) is 0. The van der Waals surface area contributed by atoms with Gasteiger partial charge in [-0.2, -0.15) is 0 Å². The van der Waals surface area contributed by atoms with Crippen LogP contribution in [0.1, 0.15) is 53.4 Å². The Labute approximate surface area is 99.7 Å². The molecule has 2 unspecified atom stereocenters. The molecule has 0 radical (unpaired) electrons. The smallest absolute Gasteiger partial charge is 0.306 e. The van der Waals surface area contributed by atoms with E-state index in [4.69, 9.17) is 10.5 Å². The van der Waals surface area contributed by atoms with E-state index in [0.29, 0.717) is 18.9 Å². The van der Waals surface area contributed by atoms with E-state index in [2.05, 4.69) is 20.8 Å². The Morgan fingerprint density at radius 1 is 1.31 bits per heavy atom. The third-order valence-corrected chi connectivity index (χ3v) is 2.62. The van der Waals surface area contributed by atoms with E-state index in [1.165, 1.54) is 0 Å². The maximum Gasteiger partial charge on any atom is 0.306 e. The molecule has 2 atom stereocenters. The number of carbonyl (C=O) groups is 1. The van der Waals surface area contributed by atoms with Crippen LogP contribution in [-0.2, 0) is 9.53 Å². The molecule has 0 aliphatic rings. The average molecular weight is 229 g/mol. The van der Waals surface area contributed by atoms with Crippen LogP contribution < -0.4 is 5.73 Å². The first kappa shape index (κ1) is 15.4. The van der Waals surface area contributed by atoms with Crippen molar-refractivity contribution in [2.45, 2.75) is 59.5 Å². The fourth-order valence-corrected chi connectivity index (χ4v) is 1.90. The summed E-state index contributed by atoms with van der Waals surface area (Å²) in [7, 11) is 0. The quantitative estimate of drug-likeness (QED) is 0.651. The van der Waals surface area contributed by atoms with Crippen molar-refractivity contribution in [3.8, 4) is 0 Å². The molecule has 96 valence electrons. The van der Waals surface area contributed by atoms with Crippen molar-refractivity contribution in [3.05, 3.63) is 0 Å². The van der Waals surface area contributed by atoms with Crippen LogP contribution in [0.15, 0.2) is 0 Å². The molecule has 0 saturated carbocycles. The third kappa shape index (κ3) is 7.69. The summed E-state index contributed by atoms with van der Waals surface area (Å²) >= 11 is 0. The molecule has 3 heteroatoms. The van der Waals surface area contributed by atoms with Crippen molar-refractivity contribution in [1.29, 1.82) is 0 Å². The van der Waals surface area contributed by atoms with Gasteiger partial charge < -0.3 is 10.5 Å². The number of hydrogen-bond acceptors (Lipinski definition) is 3. The van der Waals surface area contributed by atoms with Gasteiger partial charge in [0.2, 0.25) is 0 Å².